The van der Waals surface area contributed by atoms with Gasteiger partial charge in [0.2, 0.25) is 11.7 Å². The van der Waals surface area contributed by atoms with Crippen LogP contribution in [0, 0.1) is 0 Å². The lowest BCUT2D eigenvalue weighted by atomic mass is 10.1. The molecule has 0 spiro atoms. The van der Waals surface area contributed by atoms with E-state index in [1.165, 1.54) is 0 Å². The average Bonchev–Trinajstić information content (AvgIpc) is 2.95. The molecule has 2 aromatic carbocycles. The van der Waals surface area contributed by atoms with E-state index in [0.717, 1.165) is 23.2 Å². The summed E-state index contributed by atoms with van der Waals surface area (Å²) in [4.78, 5) is 4.36. The third-order valence-corrected chi connectivity index (χ3v) is 3.17. The molecule has 106 valence electrons. The summed E-state index contributed by atoms with van der Waals surface area (Å²) in [5, 5.41) is 13.2. The quantitative estimate of drug-likeness (QED) is 0.718. The molecule has 0 amide bonds. The molecule has 0 unspecified atom stereocenters. The lowest BCUT2D eigenvalue weighted by Gasteiger charge is -1.99. The molecule has 3 aromatic rings. The maximum absolute atomic E-state index is 9.27. The van der Waals surface area contributed by atoms with Gasteiger partial charge in [0.05, 0.1) is 0 Å². The van der Waals surface area contributed by atoms with Crippen molar-refractivity contribution in [1.82, 2.24) is 10.1 Å². The smallest absolute Gasteiger partial charge is 0.227 e. The largest absolute Gasteiger partial charge is 0.508 e. The van der Waals surface area contributed by atoms with Crippen LogP contribution in [-0.4, -0.2) is 15.2 Å². The Morgan fingerprint density at radius 3 is 2.62 bits per heavy atom. The van der Waals surface area contributed by atoms with E-state index in [4.69, 9.17) is 10.3 Å². The molecular formula is C16H15N3O2. The van der Waals surface area contributed by atoms with Crippen molar-refractivity contribution >= 4 is 5.69 Å². The standard InChI is InChI=1S/C16H15N3O2/c17-13-3-1-2-11(10-13)4-9-15-18-16(19-21-15)12-5-7-14(20)8-6-12/h1-3,5-8,10,20H,4,9,17H2. The van der Waals surface area contributed by atoms with Crippen molar-refractivity contribution in [2.45, 2.75) is 12.8 Å². The fourth-order valence-corrected chi connectivity index (χ4v) is 2.08. The lowest BCUT2D eigenvalue weighted by Crippen LogP contribution is -1.93. The van der Waals surface area contributed by atoms with Gasteiger partial charge in [0.15, 0.2) is 0 Å². The number of aryl methyl sites for hydroxylation is 2. The molecule has 0 bridgehead atoms. The maximum Gasteiger partial charge on any atom is 0.227 e. The molecule has 0 radical (unpaired) electrons. The van der Waals surface area contributed by atoms with Crippen LogP contribution in [-0.2, 0) is 12.8 Å². The highest BCUT2D eigenvalue weighted by Gasteiger charge is 2.08. The Morgan fingerprint density at radius 2 is 1.86 bits per heavy atom. The SMILES string of the molecule is Nc1cccc(CCc2nc(-c3ccc(O)cc3)no2)c1. The molecule has 0 saturated carbocycles. The van der Waals surface area contributed by atoms with Gasteiger partial charge in [0.1, 0.15) is 5.75 Å². The number of nitrogen functional groups attached to an aromatic ring is 1. The van der Waals surface area contributed by atoms with Crippen LogP contribution in [0.15, 0.2) is 53.1 Å². The molecule has 0 aliphatic rings. The summed E-state index contributed by atoms with van der Waals surface area (Å²) in [6.07, 6.45) is 1.46. The first kappa shape index (κ1) is 13.2. The van der Waals surface area contributed by atoms with Gasteiger partial charge in [-0.05, 0) is 48.4 Å². The zero-order valence-electron chi connectivity index (χ0n) is 11.4. The van der Waals surface area contributed by atoms with E-state index in [0.29, 0.717) is 18.1 Å². The van der Waals surface area contributed by atoms with Crippen molar-refractivity contribution in [2.75, 3.05) is 5.73 Å². The van der Waals surface area contributed by atoms with Gasteiger partial charge in [-0.15, -0.1) is 0 Å². The zero-order valence-corrected chi connectivity index (χ0v) is 11.4. The summed E-state index contributed by atoms with van der Waals surface area (Å²) in [6.45, 7) is 0. The number of benzene rings is 2. The lowest BCUT2D eigenvalue weighted by molar-refractivity contribution is 0.379. The van der Waals surface area contributed by atoms with Crippen LogP contribution in [0.4, 0.5) is 5.69 Å². The summed E-state index contributed by atoms with van der Waals surface area (Å²) in [5.74, 6) is 1.32. The van der Waals surface area contributed by atoms with E-state index >= 15 is 0 Å². The Kier molecular flexibility index (Phi) is 3.55. The Labute approximate surface area is 122 Å². The highest BCUT2D eigenvalue weighted by molar-refractivity contribution is 5.55. The van der Waals surface area contributed by atoms with Gasteiger partial charge in [-0.3, -0.25) is 0 Å². The first-order chi connectivity index (χ1) is 10.2. The van der Waals surface area contributed by atoms with Crippen LogP contribution in [0.5, 0.6) is 5.75 Å². The van der Waals surface area contributed by atoms with Crippen LogP contribution < -0.4 is 5.73 Å². The molecule has 3 N–H and O–H groups in total. The average molecular weight is 281 g/mol. The second-order valence-electron chi connectivity index (χ2n) is 4.80. The van der Waals surface area contributed by atoms with E-state index in [2.05, 4.69) is 10.1 Å². The summed E-state index contributed by atoms with van der Waals surface area (Å²) < 4.78 is 5.25. The predicted molar refractivity (Wildman–Crippen MR) is 79.7 cm³/mol. The molecule has 0 aliphatic heterocycles. The highest BCUT2D eigenvalue weighted by atomic mass is 16.5. The van der Waals surface area contributed by atoms with Gasteiger partial charge in [0, 0.05) is 17.7 Å². The predicted octanol–water partition coefficient (Wildman–Crippen LogP) is 2.81. The molecule has 21 heavy (non-hydrogen) atoms. The number of hydrogen-bond donors (Lipinski definition) is 2. The summed E-state index contributed by atoms with van der Waals surface area (Å²) >= 11 is 0. The Morgan fingerprint density at radius 1 is 1.05 bits per heavy atom. The van der Waals surface area contributed by atoms with Gasteiger partial charge in [-0.1, -0.05) is 17.3 Å². The first-order valence-electron chi connectivity index (χ1n) is 6.67. The minimum Gasteiger partial charge on any atom is -0.508 e. The highest BCUT2D eigenvalue weighted by Crippen LogP contribution is 2.19. The number of aromatic nitrogens is 2. The molecule has 0 aliphatic carbocycles. The number of phenols is 1. The molecule has 5 nitrogen and oxygen atoms in total. The van der Waals surface area contributed by atoms with Gasteiger partial charge >= 0.3 is 0 Å². The van der Waals surface area contributed by atoms with E-state index in [1.54, 1.807) is 24.3 Å². The molecule has 0 saturated heterocycles. The summed E-state index contributed by atoms with van der Waals surface area (Å²) in [5.41, 5.74) is 8.45. The third kappa shape index (κ3) is 3.20. The monoisotopic (exact) mass is 281 g/mol. The van der Waals surface area contributed by atoms with Crippen molar-refractivity contribution in [3.8, 4) is 17.1 Å². The van der Waals surface area contributed by atoms with E-state index in [1.807, 2.05) is 24.3 Å². The van der Waals surface area contributed by atoms with Crippen LogP contribution in [0.25, 0.3) is 11.4 Å². The second-order valence-corrected chi connectivity index (χ2v) is 4.80. The van der Waals surface area contributed by atoms with Gasteiger partial charge in [-0.25, -0.2) is 0 Å². The molecule has 0 atom stereocenters. The number of nitrogens with two attached hydrogens (primary N) is 1. The van der Waals surface area contributed by atoms with Crippen molar-refractivity contribution in [3.63, 3.8) is 0 Å². The Hall–Kier alpha value is -2.82. The van der Waals surface area contributed by atoms with Crippen molar-refractivity contribution in [3.05, 3.63) is 60.0 Å². The number of rotatable bonds is 4. The second kappa shape index (κ2) is 5.66. The van der Waals surface area contributed by atoms with Crippen LogP contribution in [0.2, 0.25) is 0 Å². The van der Waals surface area contributed by atoms with Gasteiger partial charge in [-0.2, -0.15) is 4.98 Å². The number of nitrogens with zero attached hydrogens (tertiary/aromatic N) is 2. The molecule has 1 heterocycles. The van der Waals surface area contributed by atoms with E-state index < -0.39 is 0 Å². The van der Waals surface area contributed by atoms with Gasteiger partial charge in [0.25, 0.3) is 0 Å². The Balaban J connectivity index is 1.69. The first-order valence-corrected chi connectivity index (χ1v) is 6.67. The van der Waals surface area contributed by atoms with E-state index in [9.17, 15) is 5.11 Å². The molecule has 3 rings (SSSR count). The van der Waals surface area contributed by atoms with E-state index in [-0.39, 0.29) is 5.75 Å². The molecule has 1 aromatic heterocycles. The normalized spacial score (nSPS) is 10.7. The van der Waals surface area contributed by atoms with Crippen LogP contribution in [0.1, 0.15) is 11.5 Å². The topological polar surface area (TPSA) is 85.2 Å². The number of phenolic OH excluding ortho intramolecular Hbond substituents is 1. The zero-order chi connectivity index (χ0) is 14.7. The minimum absolute atomic E-state index is 0.212. The van der Waals surface area contributed by atoms with Crippen LogP contribution >= 0.6 is 0 Å². The number of hydrogen-bond acceptors (Lipinski definition) is 5. The Bertz CT molecular complexity index is 735. The summed E-state index contributed by atoms with van der Waals surface area (Å²) in [6, 6.07) is 14.4. The minimum atomic E-state index is 0.212. The summed E-state index contributed by atoms with van der Waals surface area (Å²) in [7, 11) is 0. The third-order valence-electron chi connectivity index (χ3n) is 3.17. The molecule has 0 fully saturated rings. The maximum atomic E-state index is 9.27. The number of anilines is 1. The van der Waals surface area contributed by atoms with Crippen molar-refractivity contribution < 1.29 is 9.63 Å². The molecule has 5 heteroatoms. The van der Waals surface area contributed by atoms with Crippen molar-refractivity contribution in [1.29, 1.82) is 0 Å². The fraction of sp³-hybridized carbons (Fsp3) is 0.125. The number of aromatic hydroxyl groups is 1. The molecular weight excluding hydrogens is 266 g/mol. The van der Waals surface area contributed by atoms with Crippen LogP contribution in [0.3, 0.4) is 0 Å². The van der Waals surface area contributed by atoms with Gasteiger partial charge < -0.3 is 15.4 Å². The fourth-order valence-electron chi connectivity index (χ4n) is 2.08. The van der Waals surface area contributed by atoms with Crippen molar-refractivity contribution in [2.24, 2.45) is 0 Å².